The molecule has 0 aliphatic rings. The number of benzene rings is 1. The average molecular weight is 249 g/mol. The molecule has 0 radical (unpaired) electrons. The van der Waals surface area contributed by atoms with Gasteiger partial charge in [0.05, 0.1) is 0 Å². The molecule has 1 aromatic rings. The minimum Gasteiger partial charge on any atom is -0.479 e. The molecule has 0 aliphatic heterocycles. The summed E-state index contributed by atoms with van der Waals surface area (Å²) in [6, 6.07) is 2.90. The molecule has 0 heterocycles. The van der Waals surface area contributed by atoms with Crippen molar-refractivity contribution in [2.24, 2.45) is 0 Å². The van der Waals surface area contributed by atoms with Crippen LogP contribution in [-0.2, 0) is 9.59 Å². The van der Waals surface area contributed by atoms with Gasteiger partial charge >= 0.3 is 5.97 Å². The Kier molecular flexibility index (Phi) is 4.48. The van der Waals surface area contributed by atoms with E-state index in [1.165, 1.54) is 4.90 Å². The highest BCUT2D eigenvalue weighted by atomic mass is 16.4. The van der Waals surface area contributed by atoms with Crippen LogP contribution in [0.25, 0.3) is 0 Å². The standard InChI is InChI=1S/C14H19NO3/c1-5-15(8-16)13(14(17)18)12-7-10(3)9(2)6-11(12)4/h6-8,13H,5H2,1-4H3,(H,17,18). The van der Waals surface area contributed by atoms with Gasteiger partial charge in [-0.05, 0) is 49.9 Å². The normalized spacial score (nSPS) is 12.0. The van der Waals surface area contributed by atoms with Gasteiger partial charge in [-0.15, -0.1) is 0 Å². The van der Waals surface area contributed by atoms with E-state index >= 15 is 0 Å². The van der Waals surface area contributed by atoms with Gasteiger partial charge in [-0.25, -0.2) is 4.79 Å². The number of rotatable bonds is 5. The minimum atomic E-state index is -1.00. The molecule has 1 atom stereocenters. The third-order valence-corrected chi connectivity index (χ3v) is 3.24. The second-order valence-corrected chi connectivity index (χ2v) is 4.47. The predicted molar refractivity (Wildman–Crippen MR) is 69.5 cm³/mol. The molecule has 4 heteroatoms. The van der Waals surface area contributed by atoms with Crippen LogP contribution in [0.3, 0.4) is 0 Å². The van der Waals surface area contributed by atoms with E-state index in [0.717, 1.165) is 16.7 Å². The summed E-state index contributed by atoms with van der Waals surface area (Å²) in [5, 5.41) is 9.34. The summed E-state index contributed by atoms with van der Waals surface area (Å²) in [7, 11) is 0. The van der Waals surface area contributed by atoms with E-state index in [4.69, 9.17) is 0 Å². The van der Waals surface area contributed by atoms with Crippen molar-refractivity contribution in [1.82, 2.24) is 4.90 Å². The summed E-state index contributed by atoms with van der Waals surface area (Å²) in [5.41, 5.74) is 3.73. The fraction of sp³-hybridized carbons (Fsp3) is 0.429. The van der Waals surface area contributed by atoms with Gasteiger partial charge in [0.1, 0.15) is 0 Å². The van der Waals surface area contributed by atoms with Gasteiger partial charge in [0, 0.05) is 6.54 Å². The van der Waals surface area contributed by atoms with Gasteiger partial charge in [-0.3, -0.25) is 4.79 Å². The lowest BCUT2D eigenvalue weighted by Crippen LogP contribution is -2.33. The van der Waals surface area contributed by atoms with E-state index in [2.05, 4.69) is 0 Å². The Morgan fingerprint density at radius 2 is 1.83 bits per heavy atom. The molecule has 0 saturated heterocycles. The van der Waals surface area contributed by atoms with Crippen LogP contribution in [0.5, 0.6) is 0 Å². The maximum absolute atomic E-state index is 11.4. The van der Waals surface area contributed by atoms with Crippen molar-refractivity contribution in [3.05, 3.63) is 34.4 Å². The molecule has 18 heavy (non-hydrogen) atoms. The van der Waals surface area contributed by atoms with Crippen LogP contribution >= 0.6 is 0 Å². The molecular weight excluding hydrogens is 230 g/mol. The Balaban J connectivity index is 3.34. The van der Waals surface area contributed by atoms with Crippen molar-refractivity contribution in [2.45, 2.75) is 33.7 Å². The summed E-state index contributed by atoms with van der Waals surface area (Å²) >= 11 is 0. The van der Waals surface area contributed by atoms with Crippen LogP contribution in [0, 0.1) is 20.8 Å². The summed E-state index contributed by atoms with van der Waals surface area (Å²) < 4.78 is 0. The van der Waals surface area contributed by atoms with Crippen LogP contribution in [-0.4, -0.2) is 28.9 Å². The second kappa shape index (κ2) is 5.67. The Bertz CT molecular complexity index is 468. The van der Waals surface area contributed by atoms with Crippen molar-refractivity contribution in [1.29, 1.82) is 0 Å². The van der Waals surface area contributed by atoms with Crippen molar-refractivity contribution < 1.29 is 14.7 Å². The molecule has 0 saturated carbocycles. The zero-order valence-corrected chi connectivity index (χ0v) is 11.2. The number of carboxylic acid groups (broad SMARTS) is 1. The van der Waals surface area contributed by atoms with Crippen LogP contribution in [0.4, 0.5) is 0 Å². The van der Waals surface area contributed by atoms with Gasteiger partial charge < -0.3 is 10.0 Å². The molecule has 0 spiro atoms. The van der Waals surface area contributed by atoms with E-state index in [1.54, 1.807) is 6.92 Å². The first kappa shape index (κ1) is 14.2. The molecule has 0 aromatic heterocycles. The van der Waals surface area contributed by atoms with E-state index in [0.29, 0.717) is 18.5 Å². The molecule has 0 aliphatic carbocycles. The minimum absolute atomic E-state index is 0.368. The highest BCUT2D eigenvalue weighted by Crippen LogP contribution is 2.26. The van der Waals surface area contributed by atoms with Crippen LogP contribution < -0.4 is 0 Å². The summed E-state index contributed by atoms with van der Waals surface area (Å²) in [6.07, 6.45) is 0.591. The van der Waals surface area contributed by atoms with E-state index in [1.807, 2.05) is 32.9 Å². The largest absolute Gasteiger partial charge is 0.479 e. The highest BCUT2D eigenvalue weighted by molar-refractivity contribution is 5.79. The zero-order chi connectivity index (χ0) is 13.9. The van der Waals surface area contributed by atoms with E-state index in [9.17, 15) is 14.7 Å². The SMILES string of the molecule is CCN(C=O)C(C(=O)O)c1cc(C)c(C)cc1C. The Labute approximate surface area is 107 Å². The first-order valence-corrected chi connectivity index (χ1v) is 5.94. The quantitative estimate of drug-likeness (QED) is 0.814. The first-order chi connectivity index (χ1) is 8.42. The summed E-state index contributed by atoms with van der Waals surface area (Å²) in [6.45, 7) is 7.93. The number of aryl methyl sites for hydroxylation is 3. The lowest BCUT2D eigenvalue weighted by Gasteiger charge is -2.25. The Hall–Kier alpha value is -1.84. The summed E-state index contributed by atoms with van der Waals surface area (Å²) in [4.78, 5) is 23.7. The number of aliphatic carboxylic acids is 1. The van der Waals surface area contributed by atoms with E-state index < -0.39 is 12.0 Å². The van der Waals surface area contributed by atoms with Gasteiger partial charge in [0.25, 0.3) is 0 Å². The predicted octanol–water partition coefficient (Wildman–Crippen LogP) is 2.22. The lowest BCUT2D eigenvalue weighted by molar-refractivity contribution is -0.146. The smallest absolute Gasteiger partial charge is 0.331 e. The molecule has 1 unspecified atom stereocenters. The average Bonchev–Trinajstić information content (AvgIpc) is 2.31. The number of carbonyl (C=O) groups excluding carboxylic acids is 1. The maximum Gasteiger partial charge on any atom is 0.331 e. The monoisotopic (exact) mass is 249 g/mol. The number of carbonyl (C=O) groups is 2. The molecule has 4 nitrogen and oxygen atoms in total. The van der Waals surface area contributed by atoms with Gasteiger partial charge in [0.2, 0.25) is 6.41 Å². The number of likely N-dealkylation sites (N-methyl/N-ethyl adjacent to an activating group) is 1. The fourth-order valence-corrected chi connectivity index (χ4v) is 2.05. The summed E-state index contributed by atoms with van der Waals surface area (Å²) in [5.74, 6) is -1.00. The van der Waals surface area contributed by atoms with Gasteiger partial charge in [0.15, 0.2) is 6.04 Å². The zero-order valence-electron chi connectivity index (χ0n) is 11.2. The molecule has 1 N–H and O–H groups in total. The highest BCUT2D eigenvalue weighted by Gasteiger charge is 2.27. The fourth-order valence-electron chi connectivity index (χ4n) is 2.05. The van der Waals surface area contributed by atoms with Crippen LogP contribution in [0.1, 0.15) is 35.2 Å². The third kappa shape index (κ3) is 2.70. The lowest BCUT2D eigenvalue weighted by atomic mass is 9.95. The molecule has 1 rings (SSSR count). The number of amides is 1. The van der Waals surface area contributed by atoms with Gasteiger partial charge in [-0.1, -0.05) is 12.1 Å². The van der Waals surface area contributed by atoms with Crippen LogP contribution in [0.15, 0.2) is 12.1 Å². The molecular formula is C14H19NO3. The number of nitrogens with zero attached hydrogens (tertiary/aromatic N) is 1. The first-order valence-electron chi connectivity index (χ1n) is 5.94. The van der Waals surface area contributed by atoms with Crippen molar-refractivity contribution in [2.75, 3.05) is 6.54 Å². The molecule has 1 aromatic carbocycles. The second-order valence-electron chi connectivity index (χ2n) is 4.47. The van der Waals surface area contributed by atoms with Gasteiger partial charge in [-0.2, -0.15) is 0 Å². The molecule has 98 valence electrons. The topological polar surface area (TPSA) is 57.6 Å². The Morgan fingerprint density at radius 3 is 2.28 bits per heavy atom. The molecule has 0 fully saturated rings. The van der Waals surface area contributed by atoms with Crippen molar-refractivity contribution in [3.8, 4) is 0 Å². The molecule has 1 amide bonds. The van der Waals surface area contributed by atoms with Crippen LogP contribution in [0.2, 0.25) is 0 Å². The number of hydrogen-bond donors (Lipinski definition) is 1. The maximum atomic E-state index is 11.4. The number of hydrogen-bond acceptors (Lipinski definition) is 2. The third-order valence-electron chi connectivity index (χ3n) is 3.24. The van der Waals surface area contributed by atoms with Crippen molar-refractivity contribution >= 4 is 12.4 Å². The Morgan fingerprint density at radius 1 is 1.28 bits per heavy atom. The van der Waals surface area contributed by atoms with Crippen molar-refractivity contribution in [3.63, 3.8) is 0 Å². The van der Waals surface area contributed by atoms with E-state index in [-0.39, 0.29) is 0 Å². The molecule has 0 bridgehead atoms. The number of carboxylic acids is 1.